The number of hydrogen-bond donors (Lipinski definition) is 0. The quantitative estimate of drug-likeness (QED) is 0.256. The number of nitrogens with zero attached hydrogens (tertiary/aromatic N) is 4. The van der Waals surface area contributed by atoms with Gasteiger partial charge in [0, 0.05) is 6.54 Å². The third-order valence-corrected chi connectivity index (χ3v) is 8.33. The molecule has 0 aliphatic carbocycles. The van der Waals surface area contributed by atoms with Crippen LogP contribution in [0.25, 0.3) is 0 Å². The minimum Gasteiger partial charge on any atom is -0.330 e. The van der Waals surface area contributed by atoms with Crippen molar-refractivity contribution in [2.75, 3.05) is 11.4 Å². The summed E-state index contributed by atoms with van der Waals surface area (Å²) in [6.07, 6.45) is -8.44. The zero-order valence-corrected chi connectivity index (χ0v) is 22.6. The Morgan fingerprint density at radius 2 is 1.35 bits per heavy atom. The third kappa shape index (κ3) is 4.11. The fraction of sp³-hybridized carbons (Fsp3) is 0.565. The molecule has 3 aliphatic rings. The summed E-state index contributed by atoms with van der Waals surface area (Å²) in [5.74, 6) is -53.8. The predicted octanol–water partition coefficient (Wildman–Crippen LogP) is 6.01. The summed E-state index contributed by atoms with van der Waals surface area (Å²) in [5.41, 5.74) is -0.447. The summed E-state index contributed by atoms with van der Waals surface area (Å²) in [6, 6.07) is -2.92. The number of urea groups is 1. The molecule has 3 saturated heterocycles. The number of nitriles is 1. The van der Waals surface area contributed by atoms with Crippen LogP contribution in [0.5, 0.6) is 0 Å². The van der Waals surface area contributed by atoms with E-state index < -0.39 is 95.5 Å². The second-order valence-corrected chi connectivity index (χ2v) is 10.7. The molecule has 0 radical (unpaired) electrons. The van der Waals surface area contributed by atoms with Gasteiger partial charge in [0.1, 0.15) is 12.1 Å². The Balaban J connectivity index is 1.67. The summed E-state index contributed by atoms with van der Waals surface area (Å²) in [4.78, 5) is 39.4. The Morgan fingerprint density at radius 3 is 1.85 bits per heavy atom. The summed E-state index contributed by atoms with van der Waals surface area (Å²) in [6.45, 7) is -0.0183. The highest BCUT2D eigenvalue weighted by molar-refractivity contribution is 6.33. The average molecular weight is 713 g/mol. The van der Waals surface area contributed by atoms with Gasteiger partial charge >= 0.3 is 47.7 Å². The normalized spacial score (nSPS) is 23.0. The Bertz CT molecular complexity index is 1560. The van der Waals surface area contributed by atoms with E-state index in [9.17, 15) is 80.2 Å². The molecule has 0 aromatic heterocycles. The van der Waals surface area contributed by atoms with Gasteiger partial charge in [-0.15, -0.1) is 0 Å². The highest BCUT2D eigenvalue weighted by Crippen LogP contribution is 2.62. The lowest BCUT2D eigenvalue weighted by Crippen LogP contribution is -2.74. The number of halogens is 16. The number of imide groups is 1. The van der Waals surface area contributed by atoms with Crippen LogP contribution in [0.15, 0.2) is 12.1 Å². The van der Waals surface area contributed by atoms with Crippen LogP contribution in [-0.4, -0.2) is 94.0 Å². The molecule has 3 atom stereocenters. The summed E-state index contributed by atoms with van der Waals surface area (Å²) >= 11 is 6.01. The number of carbonyl (C=O) groups excluding carboxylic acids is 3. The zero-order valence-electron chi connectivity index (χ0n) is 21.9. The molecule has 254 valence electrons. The predicted molar refractivity (Wildman–Crippen MR) is 119 cm³/mol. The van der Waals surface area contributed by atoms with Crippen LogP contribution in [0.2, 0.25) is 5.02 Å². The van der Waals surface area contributed by atoms with Crippen LogP contribution in [0.3, 0.4) is 0 Å². The smallest absolute Gasteiger partial charge is 0.330 e. The number of carbonyl (C=O) groups is 3. The van der Waals surface area contributed by atoms with Crippen LogP contribution in [-0.2, 0) is 9.59 Å². The van der Waals surface area contributed by atoms with E-state index in [0.717, 1.165) is 12.1 Å². The highest BCUT2D eigenvalue weighted by atomic mass is 35.5. The Kier molecular flexibility index (Phi) is 7.60. The third-order valence-electron chi connectivity index (χ3n) is 7.84. The average Bonchev–Trinajstić information content (AvgIpc) is 3.60. The summed E-state index contributed by atoms with van der Waals surface area (Å²) in [7, 11) is 0. The first-order valence-electron chi connectivity index (χ1n) is 12.1. The maximum Gasteiger partial charge on any atom is 0.460 e. The molecule has 3 fully saturated rings. The van der Waals surface area contributed by atoms with Gasteiger partial charge in [-0.3, -0.25) is 9.59 Å². The number of benzene rings is 1. The molecule has 0 N–H and O–H groups in total. The summed E-state index contributed by atoms with van der Waals surface area (Å²) in [5, 5.41) is 8.83. The van der Waals surface area contributed by atoms with E-state index in [1.54, 1.807) is 6.07 Å². The van der Waals surface area contributed by atoms with Crippen molar-refractivity contribution in [3.8, 4) is 6.07 Å². The van der Waals surface area contributed by atoms with Crippen LogP contribution in [0, 0.1) is 18.3 Å². The van der Waals surface area contributed by atoms with Crippen LogP contribution in [0.4, 0.5) is 76.3 Å². The van der Waals surface area contributed by atoms with Crippen molar-refractivity contribution >= 4 is 35.1 Å². The van der Waals surface area contributed by atoms with Crippen molar-refractivity contribution in [3.63, 3.8) is 0 Å². The molecule has 7 nitrogen and oxygen atoms in total. The van der Waals surface area contributed by atoms with Crippen LogP contribution < -0.4 is 4.90 Å². The molecule has 3 aliphatic heterocycles. The molecule has 0 unspecified atom stereocenters. The van der Waals surface area contributed by atoms with E-state index >= 15 is 0 Å². The lowest BCUT2D eigenvalue weighted by Gasteiger charge is -2.42. The van der Waals surface area contributed by atoms with Crippen molar-refractivity contribution in [1.82, 2.24) is 9.80 Å². The van der Waals surface area contributed by atoms with Gasteiger partial charge in [-0.05, 0) is 31.0 Å². The van der Waals surface area contributed by atoms with E-state index in [2.05, 4.69) is 0 Å². The second-order valence-electron chi connectivity index (χ2n) is 10.3. The van der Waals surface area contributed by atoms with Gasteiger partial charge in [-0.25, -0.2) is 9.69 Å². The number of rotatable bonds is 7. The molecule has 46 heavy (non-hydrogen) atoms. The number of likely N-dealkylation sites (tertiary alicyclic amines) is 1. The number of alkyl halides is 15. The SMILES string of the molecule is Cc1c(N2C(=O)[C@@H]3[C@@H]4C[C@@H](CN4C(=O)C(F)(F)C(F)(F)C(F)(F)C(F)(F)C(F)(F)C(F)(F)C(F)(F)F)N3C2=O)ccc(C#N)c1Cl. The molecule has 4 rings (SSSR count). The molecular formula is C23H12ClF15N4O3. The molecule has 1 aromatic carbocycles. The summed E-state index contributed by atoms with van der Waals surface area (Å²) < 4.78 is 204. The molecule has 2 bridgehead atoms. The minimum atomic E-state index is -8.57. The lowest BCUT2D eigenvalue weighted by atomic mass is 9.90. The number of piperazine rings is 1. The Hall–Kier alpha value is -3.64. The van der Waals surface area contributed by atoms with Gasteiger partial charge < -0.3 is 9.80 Å². The first-order chi connectivity index (χ1) is 20.6. The topological polar surface area (TPSA) is 84.7 Å². The van der Waals surface area contributed by atoms with E-state index in [0.29, 0.717) is 9.80 Å². The zero-order chi connectivity index (χ0) is 35.5. The molecular weight excluding hydrogens is 701 g/mol. The van der Waals surface area contributed by atoms with E-state index in [1.807, 2.05) is 0 Å². The van der Waals surface area contributed by atoms with Gasteiger partial charge in [0.2, 0.25) is 0 Å². The molecule has 3 heterocycles. The van der Waals surface area contributed by atoms with Crippen molar-refractivity contribution in [2.24, 2.45) is 0 Å². The molecule has 4 amide bonds. The van der Waals surface area contributed by atoms with E-state index in [4.69, 9.17) is 16.9 Å². The Labute approximate surface area is 250 Å². The van der Waals surface area contributed by atoms with Gasteiger partial charge in [0.05, 0.1) is 28.4 Å². The van der Waals surface area contributed by atoms with Gasteiger partial charge in [-0.2, -0.15) is 71.1 Å². The minimum absolute atomic E-state index is 0.0499. The monoisotopic (exact) mass is 712 g/mol. The maximum atomic E-state index is 14.7. The van der Waals surface area contributed by atoms with Crippen molar-refractivity contribution in [3.05, 3.63) is 28.3 Å². The molecule has 0 saturated carbocycles. The van der Waals surface area contributed by atoms with Crippen molar-refractivity contribution in [1.29, 1.82) is 5.26 Å². The maximum absolute atomic E-state index is 14.7. The number of hydrogen-bond acceptors (Lipinski definition) is 4. The van der Waals surface area contributed by atoms with Gasteiger partial charge in [-0.1, -0.05) is 11.6 Å². The van der Waals surface area contributed by atoms with Crippen LogP contribution in [0.1, 0.15) is 17.5 Å². The number of anilines is 1. The second kappa shape index (κ2) is 9.93. The van der Waals surface area contributed by atoms with Gasteiger partial charge in [0.15, 0.2) is 0 Å². The lowest BCUT2D eigenvalue weighted by molar-refractivity contribution is -0.450. The van der Waals surface area contributed by atoms with Crippen molar-refractivity contribution in [2.45, 2.75) is 73.2 Å². The highest BCUT2D eigenvalue weighted by Gasteiger charge is 2.94. The van der Waals surface area contributed by atoms with Crippen molar-refractivity contribution < 1.29 is 80.2 Å². The first-order valence-corrected chi connectivity index (χ1v) is 12.5. The van der Waals surface area contributed by atoms with E-state index in [1.165, 1.54) is 6.92 Å². The number of amides is 4. The van der Waals surface area contributed by atoms with E-state index in [-0.39, 0.29) is 21.8 Å². The fourth-order valence-corrected chi connectivity index (χ4v) is 5.60. The Morgan fingerprint density at radius 1 is 0.848 bits per heavy atom. The fourth-order valence-electron chi connectivity index (χ4n) is 5.40. The number of fused-ring (bicyclic) bond motifs is 5. The molecule has 23 heteroatoms. The van der Waals surface area contributed by atoms with Crippen LogP contribution >= 0.6 is 11.6 Å². The largest absolute Gasteiger partial charge is 0.460 e. The van der Waals surface area contributed by atoms with Gasteiger partial charge in [0.25, 0.3) is 11.8 Å². The standard InChI is InChI=1S/C23H12ClF15N4O3/c1-7-10(3-2-8(5-40)12(7)24)43-14(44)13-11-4-9(42(13)16(43)46)6-41(11)15(45)17(25,26)18(27,28)19(29,30)20(31,32)21(33,34)22(35,36)23(37,38)39/h2-3,9,11,13H,4,6H2,1H3/t9-,11-,13-/m0/s1. The molecule has 1 aromatic rings. The molecule has 0 spiro atoms. The first kappa shape index (κ1) is 35.2.